The van der Waals surface area contributed by atoms with Gasteiger partial charge < -0.3 is 10.2 Å². The first-order chi connectivity index (χ1) is 13.7. The van der Waals surface area contributed by atoms with Gasteiger partial charge in [-0.05, 0) is 82.6 Å². The fraction of sp³-hybridized carbons (Fsp3) is 0.409. The lowest BCUT2D eigenvalue weighted by molar-refractivity contribution is 0.102. The molecule has 0 bridgehead atoms. The summed E-state index contributed by atoms with van der Waals surface area (Å²) < 4.78 is 27.2. The molecule has 29 heavy (non-hydrogen) atoms. The van der Waals surface area contributed by atoms with E-state index in [-0.39, 0.29) is 16.8 Å². The van der Waals surface area contributed by atoms with E-state index in [2.05, 4.69) is 35.7 Å². The van der Waals surface area contributed by atoms with Gasteiger partial charge in [-0.1, -0.05) is 6.92 Å². The highest BCUT2D eigenvalue weighted by atomic mass is 32.2. The molecule has 6 nitrogen and oxygen atoms in total. The molecule has 0 aromatic heterocycles. The Labute approximate surface area is 174 Å². The van der Waals surface area contributed by atoms with Crippen LogP contribution in [-0.2, 0) is 10.0 Å². The minimum atomic E-state index is -3.58. The van der Waals surface area contributed by atoms with Gasteiger partial charge in [-0.3, -0.25) is 4.79 Å². The van der Waals surface area contributed by atoms with Gasteiger partial charge in [-0.25, -0.2) is 13.1 Å². The van der Waals surface area contributed by atoms with Crippen molar-refractivity contribution in [3.05, 3.63) is 54.1 Å². The summed E-state index contributed by atoms with van der Waals surface area (Å²) in [6, 6.07) is 13.9. The predicted octanol–water partition coefficient (Wildman–Crippen LogP) is 4.25. The number of amides is 1. The van der Waals surface area contributed by atoms with Crippen LogP contribution in [-0.4, -0.2) is 33.0 Å². The summed E-state index contributed by atoms with van der Waals surface area (Å²) in [6.07, 6.45) is 0.700. The van der Waals surface area contributed by atoms with Crippen molar-refractivity contribution >= 4 is 27.3 Å². The molecule has 0 radical (unpaired) electrons. The Morgan fingerprint density at radius 3 is 2.03 bits per heavy atom. The Balaban J connectivity index is 2.08. The van der Waals surface area contributed by atoms with Gasteiger partial charge in [-0.15, -0.1) is 0 Å². The number of anilines is 2. The van der Waals surface area contributed by atoms with Crippen LogP contribution in [0, 0.1) is 0 Å². The van der Waals surface area contributed by atoms with Gasteiger partial charge in [0.15, 0.2) is 0 Å². The highest BCUT2D eigenvalue weighted by molar-refractivity contribution is 7.89. The molecule has 2 aromatic rings. The van der Waals surface area contributed by atoms with Crippen molar-refractivity contribution in [3.63, 3.8) is 0 Å². The van der Waals surface area contributed by atoms with E-state index < -0.39 is 10.0 Å². The molecule has 2 rings (SSSR count). The first kappa shape index (κ1) is 22.9. The Kier molecular flexibility index (Phi) is 7.81. The fourth-order valence-electron chi connectivity index (χ4n) is 2.99. The maximum absolute atomic E-state index is 12.5. The molecule has 0 saturated heterocycles. The second kappa shape index (κ2) is 9.89. The highest BCUT2D eigenvalue weighted by Crippen LogP contribution is 2.20. The number of sulfonamides is 1. The molecule has 2 N–H and O–H groups in total. The van der Waals surface area contributed by atoms with Gasteiger partial charge in [0.1, 0.15) is 0 Å². The third-order valence-electron chi connectivity index (χ3n) is 4.82. The number of nitrogens with zero attached hydrogens (tertiary/aromatic N) is 1. The minimum Gasteiger partial charge on any atom is -0.369 e. The second-order valence-corrected chi connectivity index (χ2v) is 9.05. The molecule has 0 spiro atoms. The molecule has 1 atom stereocenters. The third kappa shape index (κ3) is 6.05. The summed E-state index contributed by atoms with van der Waals surface area (Å²) in [5.74, 6) is -0.284. The summed E-state index contributed by atoms with van der Waals surface area (Å²) in [6.45, 7) is 11.0. The van der Waals surface area contributed by atoms with Gasteiger partial charge in [0, 0.05) is 35.6 Å². The number of hydrogen-bond donors (Lipinski definition) is 2. The average molecular weight is 418 g/mol. The van der Waals surface area contributed by atoms with Gasteiger partial charge in [0.2, 0.25) is 10.0 Å². The molecule has 0 saturated carbocycles. The van der Waals surface area contributed by atoms with Crippen LogP contribution in [0.5, 0.6) is 0 Å². The second-order valence-electron chi connectivity index (χ2n) is 7.34. The lowest BCUT2D eigenvalue weighted by Gasteiger charge is -2.27. The van der Waals surface area contributed by atoms with Crippen molar-refractivity contribution in [1.82, 2.24) is 4.72 Å². The zero-order valence-corrected chi connectivity index (χ0v) is 18.6. The van der Waals surface area contributed by atoms with Crippen LogP contribution in [0.4, 0.5) is 11.4 Å². The number of benzene rings is 2. The number of nitrogens with one attached hydrogen (secondary N) is 2. The fourth-order valence-corrected chi connectivity index (χ4v) is 4.31. The van der Waals surface area contributed by atoms with Gasteiger partial charge in [0.05, 0.1) is 4.90 Å². The zero-order chi connectivity index (χ0) is 21.6. The molecule has 1 unspecified atom stereocenters. The lowest BCUT2D eigenvalue weighted by atomic mass is 10.2. The van der Waals surface area contributed by atoms with E-state index in [1.807, 2.05) is 38.1 Å². The molecular weight excluding hydrogens is 386 g/mol. The average Bonchev–Trinajstić information content (AvgIpc) is 2.69. The standard InChI is InChI=1S/C22H31N3O3S/c1-6-17(5)24-29(27,28)21-14-8-18(9-15-21)22(26)23-19-10-12-20(13-11-19)25(7-2)16(3)4/h8-17,24H,6-7H2,1-5H3,(H,23,26). The normalized spacial score (nSPS) is 12.6. The largest absolute Gasteiger partial charge is 0.369 e. The molecule has 2 aromatic carbocycles. The Bertz CT molecular complexity index is 907. The Morgan fingerprint density at radius 2 is 1.55 bits per heavy atom. The van der Waals surface area contributed by atoms with Crippen LogP contribution >= 0.6 is 0 Å². The first-order valence-corrected chi connectivity index (χ1v) is 11.5. The van der Waals surface area contributed by atoms with Crippen LogP contribution in [0.2, 0.25) is 0 Å². The van der Waals surface area contributed by atoms with E-state index in [1.54, 1.807) is 0 Å². The first-order valence-electron chi connectivity index (χ1n) is 9.98. The molecule has 7 heteroatoms. The van der Waals surface area contributed by atoms with Crippen molar-refractivity contribution in [2.75, 3.05) is 16.8 Å². The lowest BCUT2D eigenvalue weighted by Crippen LogP contribution is -2.32. The summed E-state index contributed by atoms with van der Waals surface area (Å²) in [5.41, 5.74) is 2.19. The van der Waals surface area contributed by atoms with Crippen molar-refractivity contribution in [2.24, 2.45) is 0 Å². The van der Waals surface area contributed by atoms with Crippen molar-refractivity contribution < 1.29 is 13.2 Å². The zero-order valence-electron chi connectivity index (χ0n) is 17.8. The van der Waals surface area contributed by atoms with E-state index in [0.29, 0.717) is 23.7 Å². The molecular formula is C22H31N3O3S. The number of hydrogen-bond acceptors (Lipinski definition) is 4. The smallest absolute Gasteiger partial charge is 0.255 e. The molecule has 0 heterocycles. The molecule has 0 aliphatic heterocycles. The highest BCUT2D eigenvalue weighted by Gasteiger charge is 2.17. The van der Waals surface area contributed by atoms with Gasteiger partial charge in [-0.2, -0.15) is 0 Å². The molecule has 158 valence electrons. The maximum atomic E-state index is 12.5. The molecule has 0 aliphatic rings. The summed E-state index contributed by atoms with van der Waals surface area (Å²) in [7, 11) is -3.58. The van der Waals surface area contributed by atoms with Gasteiger partial charge in [0.25, 0.3) is 5.91 Å². The van der Waals surface area contributed by atoms with Crippen LogP contribution in [0.1, 0.15) is 51.4 Å². The third-order valence-corrected chi connectivity index (χ3v) is 6.42. The quantitative estimate of drug-likeness (QED) is 0.639. The van der Waals surface area contributed by atoms with Crippen LogP contribution in [0.3, 0.4) is 0 Å². The van der Waals surface area contributed by atoms with E-state index >= 15 is 0 Å². The van der Waals surface area contributed by atoms with E-state index in [1.165, 1.54) is 24.3 Å². The SMILES string of the molecule is CCC(C)NS(=O)(=O)c1ccc(C(=O)Nc2ccc(N(CC)C(C)C)cc2)cc1. The Hall–Kier alpha value is -2.38. The molecule has 0 fully saturated rings. The van der Waals surface area contributed by atoms with Crippen molar-refractivity contribution in [1.29, 1.82) is 0 Å². The minimum absolute atomic E-state index is 0.145. The van der Waals surface area contributed by atoms with Crippen LogP contribution in [0.15, 0.2) is 53.4 Å². The summed E-state index contributed by atoms with van der Waals surface area (Å²) in [4.78, 5) is 14.9. The topological polar surface area (TPSA) is 78.5 Å². The summed E-state index contributed by atoms with van der Waals surface area (Å²) >= 11 is 0. The number of carbonyl (C=O) groups excluding carboxylic acids is 1. The van der Waals surface area contributed by atoms with E-state index in [4.69, 9.17) is 0 Å². The van der Waals surface area contributed by atoms with Crippen molar-refractivity contribution in [2.45, 2.75) is 58.0 Å². The van der Waals surface area contributed by atoms with E-state index in [9.17, 15) is 13.2 Å². The number of carbonyl (C=O) groups is 1. The van der Waals surface area contributed by atoms with Gasteiger partial charge >= 0.3 is 0 Å². The number of rotatable bonds is 9. The summed E-state index contributed by atoms with van der Waals surface area (Å²) in [5, 5.41) is 2.85. The maximum Gasteiger partial charge on any atom is 0.255 e. The van der Waals surface area contributed by atoms with Crippen molar-refractivity contribution in [3.8, 4) is 0 Å². The van der Waals surface area contributed by atoms with E-state index in [0.717, 1.165) is 12.2 Å². The predicted molar refractivity (Wildman–Crippen MR) is 119 cm³/mol. The van der Waals surface area contributed by atoms with Crippen LogP contribution in [0.25, 0.3) is 0 Å². The molecule has 0 aliphatic carbocycles. The molecule has 1 amide bonds. The Morgan fingerprint density at radius 1 is 0.966 bits per heavy atom. The monoisotopic (exact) mass is 417 g/mol. The van der Waals surface area contributed by atoms with Crippen LogP contribution < -0.4 is 14.9 Å².